The van der Waals surface area contributed by atoms with Crippen molar-refractivity contribution in [2.24, 2.45) is 0 Å². The monoisotopic (exact) mass is 202 g/mol. The van der Waals surface area contributed by atoms with Gasteiger partial charge in [-0.05, 0) is 13.3 Å². The zero-order chi connectivity index (χ0) is 11.0. The van der Waals surface area contributed by atoms with E-state index in [1.165, 1.54) is 0 Å². The van der Waals surface area contributed by atoms with Crippen LogP contribution in [0.1, 0.15) is 26.7 Å². The van der Waals surface area contributed by atoms with Gasteiger partial charge < -0.3 is 14.6 Å². The number of ether oxygens (including phenoxy) is 2. The largest absolute Gasteiger partial charge is 0.433 e. The summed E-state index contributed by atoms with van der Waals surface area (Å²) in [6, 6.07) is 0. The Balaban J connectivity index is 3.65. The topological polar surface area (TPSA) is 55.8 Å². The summed E-state index contributed by atoms with van der Waals surface area (Å²) in [5.41, 5.74) is 0.0379. The van der Waals surface area contributed by atoms with E-state index in [0.29, 0.717) is 6.61 Å². The van der Waals surface area contributed by atoms with Crippen LogP contribution in [0, 0.1) is 0 Å². The molecule has 0 saturated carbocycles. The molecular weight excluding hydrogens is 184 g/mol. The van der Waals surface area contributed by atoms with E-state index in [1.54, 1.807) is 6.92 Å². The van der Waals surface area contributed by atoms with Gasteiger partial charge in [0.1, 0.15) is 0 Å². The van der Waals surface area contributed by atoms with Gasteiger partial charge in [-0.2, -0.15) is 0 Å². The van der Waals surface area contributed by atoms with Crippen LogP contribution in [0.2, 0.25) is 0 Å². The third-order valence-electron chi connectivity index (χ3n) is 1.60. The molecule has 0 fully saturated rings. The Labute approximate surface area is 84.5 Å². The molecule has 0 saturated heterocycles. The Morgan fingerprint density at radius 3 is 2.71 bits per heavy atom. The molecule has 0 amide bonds. The SMILES string of the molecule is C=C(CO)C(=O)OC(C)OCCCC. The summed E-state index contributed by atoms with van der Waals surface area (Å²) in [6.07, 6.45) is 1.38. The average Bonchev–Trinajstić information content (AvgIpc) is 2.16. The molecule has 1 atom stereocenters. The van der Waals surface area contributed by atoms with E-state index in [4.69, 9.17) is 14.6 Å². The van der Waals surface area contributed by atoms with Crippen molar-refractivity contribution in [3.05, 3.63) is 12.2 Å². The Morgan fingerprint density at radius 1 is 1.57 bits per heavy atom. The molecule has 0 aliphatic rings. The lowest BCUT2D eigenvalue weighted by molar-refractivity contribution is -0.170. The third-order valence-corrected chi connectivity index (χ3v) is 1.60. The zero-order valence-corrected chi connectivity index (χ0v) is 8.78. The van der Waals surface area contributed by atoms with Gasteiger partial charge in [-0.25, -0.2) is 4.79 Å². The molecule has 0 aromatic rings. The van der Waals surface area contributed by atoms with Crippen LogP contribution >= 0.6 is 0 Å². The van der Waals surface area contributed by atoms with Crippen molar-refractivity contribution < 1.29 is 19.4 Å². The van der Waals surface area contributed by atoms with E-state index in [1.807, 2.05) is 6.92 Å². The second kappa shape index (κ2) is 7.53. The molecule has 0 aromatic carbocycles. The first kappa shape index (κ1) is 13.1. The van der Waals surface area contributed by atoms with Crippen LogP contribution in [-0.2, 0) is 14.3 Å². The highest BCUT2D eigenvalue weighted by atomic mass is 16.7. The predicted molar refractivity (Wildman–Crippen MR) is 52.6 cm³/mol. The number of esters is 1. The van der Waals surface area contributed by atoms with E-state index >= 15 is 0 Å². The maximum atomic E-state index is 11.1. The average molecular weight is 202 g/mol. The zero-order valence-electron chi connectivity index (χ0n) is 8.78. The lowest BCUT2D eigenvalue weighted by Crippen LogP contribution is -2.20. The minimum absolute atomic E-state index is 0.0379. The van der Waals surface area contributed by atoms with Crippen LogP contribution in [-0.4, -0.2) is 30.6 Å². The van der Waals surface area contributed by atoms with E-state index in [-0.39, 0.29) is 12.2 Å². The Bertz CT molecular complexity index is 189. The van der Waals surface area contributed by atoms with E-state index in [9.17, 15) is 4.79 Å². The molecule has 0 spiro atoms. The summed E-state index contributed by atoms with van der Waals surface area (Å²) < 4.78 is 10.0. The van der Waals surface area contributed by atoms with Gasteiger partial charge in [-0.1, -0.05) is 19.9 Å². The summed E-state index contributed by atoms with van der Waals surface area (Å²) in [5.74, 6) is -0.614. The Hall–Kier alpha value is -0.870. The Kier molecular flexibility index (Phi) is 7.06. The van der Waals surface area contributed by atoms with Gasteiger partial charge in [0.25, 0.3) is 0 Å². The normalized spacial score (nSPS) is 12.2. The van der Waals surface area contributed by atoms with Gasteiger partial charge in [-0.15, -0.1) is 0 Å². The first-order valence-electron chi connectivity index (χ1n) is 4.73. The van der Waals surface area contributed by atoms with Gasteiger partial charge in [0.05, 0.1) is 18.8 Å². The standard InChI is InChI=1S/C10H18O4/c1-4-5-6-13-9(3)14-10(12)8(2)7-11/h9,11H,2,4-7H2,1,3H3. The highest BCUT2D eigenvalue weighted by Gasteiger charge is 2.11. The first-order valence-corrected chi connectivity index (χ1v) is 4.73. The van der Waals surface area contributed by atoms with Crippen LogP contribution in [0.25, 0.3) is 0 Å². The minimum Gasteiger partial charge on any atom is -0.433 e. The quantitative estimate of drug-likeness (QED) is 0.292. The van der Waals surface area contributed by atoms with Crippen molar-refractivity contribution in [2.75, 3.05) is 13.2 Å². The molecule has 4 nitrogen and oxygen atoms in total. The molecule has 0 rings (SSSR count). The minimum atomic E-state index is -0.614. The summed E-state index contributed by atoms with van der Waals surface area (Å²) in [6.45, 7) is 7.21. The smallest absolute Gasteiger partial charge is 0.338 e. The molecule has 0 aromatic heterocycles. The van der Waals surface area contributed by atoms with Crippen molar-refractivity contribution in [1.82, 2.24) is 0 Å². The van der Waals surface area contributed by atoms with Crippen molar-refractivity contribution in [1.29, 1.82) is 0 Å². The summed E-state index contributed by atoms with van der Waals surface area (Å²) in [4.78, 5) is 11.1. The van der Waals surface area contributed by atoms with E-state index < -0.39 is 12.3 Å². The summed E-state index contributed by atoms with van der Waals surface area (Å²) in [5, 5.41) is 8.59. The molecule has 0 aliphatic carbocycles. The van der Waals surface area contributed by atoms with E-state index in [0.717, 1.165) is 12.8 Å². The van der Waals surface area contributed by atoms with Gasteiger partial charge in [0.15, 0.2) is 6.29 Å². The lowest BCUT2D eigenvalue weighted by Gasteiger charge is -2.13. The highest BCUT2D eigenvalue weighted by Crippen LogP contribution is 2.01. The number of carbonyl (C=O) groups is 1. The molecule has 4 heteroatoms. The number of hydrogen-bond donors (Lipinski definition) is 1. The number of aliphatic hydroxyl groups excluding tert-OH is 1. The molecule has 0 aliphatic heterocycles. The maximum Gasteiger partial charge on any atom is 0.338 e. The summed E-state index contributed by atoms with van der Waals surface area (Å²) in [7, 11) is 0. The lowest BCUT2D eigenvalue weighted by atomic mass is 10.3. The van der Waals surface area contributed by atoms with Crippen LogP contribution in [0.3, 0.4) is 0 Å². The molecule has 0 radical (unpaired) electrons. The molecule has 0 heterocycles. The van der Waals surface area contributed by atoms with Gasteiger partial charge in [-0.3, -0.25) is 0 Å². The molecule has 1 N–H and O–H groups in total. The van der Waals surface area contributed by atoms with Crippen molar-refractivity contribution in [2.45, 2.75) is 33.0 Å². The van der Waals surface area contributed by atoms with Gasteiger partial charge >= 0.3 is 5.97 Å². The summed E-state index contributed by atoms with van der Waals surface area (Å²) >= 11 is 0. The van der Waals surface area contributed by atoms with Crippen LogP contribution in [0.15, 0.2) is 12.2 Å². The third kappa shape index (κ3) is 5.72. The number of aliphatic hydroxyl groups is 1. The fourth-order valence-corrected chi connectivity index (χ4v) is 0.726. The fraction of sp³-hybridized carbons (Fsp3) is 0.700. The first-order chi connectivity index (χ1) is 6.61. The van der Waals surface area contributed by atoms with Crippen LogP contribution in [0.4, 0.5) is 0 Å². The highest BCUT2D eigenvalue weighted by molar-refractivity contribution is 5.87. The molecule has 1 unspecified atom stereocenters. The number of unbranched alkanes of at least 4 members (excludes halogenated alkanes) is 1. The Morgan fingerprint density at radius 2 is 2.21 bits per heavy atom. The maximum absolute atomic E-state index is 11.1. The van der Waals surface area contributed by atoms with Crippen LogP contribution in [0.5, 0.6) is 0 Å². The second-order valence-electron chi connectivity index (χ2n) is 2.96. The fourth-order valence-electron chi connectivity index (χ4n) is 0.726. The number of hydrogen-bond acceptors (Lipinski definition) is 4. The second-order valence-corrected chi connectivity index (χ2v) is 2.96. The molecular formula is C10H18O4. The van der Waals surface area contributed by atoms with Crippen molar-refractivity contribution in [3.63, 3.8) is 0 Å². The molecule has 0 bridgehead atoms. The number of carbonyl (C=O) groups excluding carboxylic acids is 1. The predicted octanol–water partition coefficient (Wildman–Crippen LogP) is 1.24. The van der Waals surface area contributed by atoms with Crippen molar-refractivity contribution >= 4 is 5.97 Å². The van der Waals surface area contributed by atoms with Gasteiger partial charge in [0, 0.05) is 0 Å². The molecule has 82 valence electrons. The molecule has 14 heavy (non-hydrogen) atoms. The van der Waals surface area contributed by atoms with Crippen molar-refractivity contribution in [3.8, 4) is 0 Å². The van der Waals surface area contributed by atoms with Gasteiger partial charge in [0.2, 0.25) is 0 Å². The number of rotatable bonds is 7. The van der Waals surface area contributed by atoms with E-state index in [2.05, 4.69) is 6.58 Å². The van der Waals surface area contributed by atoms with Crippen LogP contribution < -0.4 is 0 Å².